The topological polar surface area (TPSA) is 63.2 Å². The smallest absolute Gasteiger partial charge is 0.428 e. The highest BCUT2D eigenvalue weighted by Crippen LogP contribution is 2.37. The van der Waals surface area contributed by atoms with Gasteiger partial charge >= 0.3 is 18.6 Å². The molecule has 2 N–H and O–H groups in total. The quantitative estimate of drug-likeness (QED) is 0.212. The molecule has 0 saturated heterocycles. The second kappa shape index (κ2) is 12.2. The average Bonchev–Trinajstić information content (AvgIpc) is 2.94. The van der Waals surface area contributed by atoms with E-state index in [1.165, 1.54) is 18.3 Å². The lowest BCUT2D eigenvalue weighted by Crippen LogP contribution is -2.58. The monoisotopic (exact) mass is 573 g/mol. The van der Waals surface area contributed by atoms with Crippen LogP contribution < -0.4 is 15.4 Å². The molecule has 0 bridgehead atoms. The van der Waals surface area contributed by atoms with Gasteiger partial charge in [0.05, 0.1) is 10.7 Å². The molecule has 210 valence electrons. The van der Waals surface area contributed by atoms with Crippen molar-refractivity contribution in [2.45, 2.75) is 62.1 Å². The maximum absolute atomic E-state index is 13.8. The molecule has 10 heteroatoms. The molecule has 1 fully saturated rings. The summed E-state index contributed by atoms with van der Waals surface area (Å²) in [6, 6.07) is 17.0. The lowest BCUT2D eigenvalue weighted by Gasteiger charge is -2.38. The number of nitrogens with one attached hydrogen (secondary N) is 2. The number of amides is 2. The molecular weight excluding hydrogens is 546 g/mol. The van der Waals surface area contributed by atoms with Crippen LogP contribution >= 0.6 is 11.6 Å². The maximum atomic E-state index is 13.8. The summed E-state index contributed by atoms with van der Waals surface area (Å²) >= 11 is 6.11. The summed E-state index contributed by atoms with van der Waals surface area (Å²) in [6.07, 6.45) is 2.54. The molecule has 1 atom stereocenters. The van der Waals surface area contributed by atoms with Gasteiger partial charge in [0.25, 0.3) is 0 Å². The first-order valence-electron chi connectivity index (χ1n) is 12.8. The van der Waals surface area contributed by atoms with Crippen LogP contribution in [0.1, 0.15) is 48.9 Å². The molecule has 2 aromatic carbocycles. The Hall–Kier alpha value is -3.77. The third kappa shape index (κ3) is 6.68. The predicted octanol–water partition coefficient (Wildman–Crippen LogP) is 7.09. The second-order valence-electron chi connectivity index (χ2n) is 9.79. The number of hydrogen-bond acceptors (Lipinski definition) is 3. The predicted molar refractivity (Wildman–Crippen MR) is 145 cm³/mol. The first-order valence-corrected chi connectivity index (χ1v) is 13.1. The van der Waals surface area contributed by atoms with Crippen LogP contribution in [-0.2, 0) is 12.0 Å². The van der Waals surface area contributed by atoms with Gasteiger partial charge in [-0.15, -0.1) is 6.42 Å². The SMILES string of the molecule is C#CC1(NC(=O)N[C@@](Cc2ccccc2)(c2cccc(OC(F)(F)C(F)F)c2)c2ccc(Cl)cn2)CCCCC1. The Balaban J connectivity index is 1.83. The number of rotatable bonds is 9. The molecule has 1 saturated carbocycles. The number of pyridine rings is 1. The number of carbonyl (C=O) groups is 1. The molecule has 0 spiro atoms. The summed E-state index contributed by atoms with van der Waals surface area (Å²) < 4.78 is 57.9. The second-order valence-corrected chi connectivity index (χ2v) is 10.2. The molecule has 3 aromatic rings. The highest BCUT2D eigenvalue weighted by Gasteiger charge is 2.45. The van der Waals surface area contributed by atoms with Crippen LogP contribution in [0.2, 0.25) is 5.02 Å². The standard InChI is InChI=1S/C30H28ClF4N3O2/c1-2-28(16-7-4-8-17-28)37-27(39)38-29(19-21-10-5-3-6-11-21,25-15-14-23(31)20-36-25)22-12-9-13-24(18-22)40-30(34,35)26(32)33/h1,3,5-6,9-15,18,20,26H,4,7-8,16-17,19H2,(H2,37,38,39)/t29-/m0/s1. The van der Waals surface area contributed by atoms with E-state index in [0.717, 1.165) is 30.9 Å². The number of aromatic nitrogens is 1. The molecule has 40 heavy (non-hydrogen) atoms. The molecule has 1 aromatic heterocycles. The van der Waals surface area contributed by atoms with Gasteiger partial charge in [0.15, 0.2) is 0 Å². The Morgan fingerprint density at radius 3 is 2.42 bits per heavy atom. The summed E-state index contributed by atoms with van der Waals surface area (Å²) in [5.74, 6) is 2.23. The number of halogens is 5. The van der Waals surface area contributed by atoms with E-state index in [1.807, 2.05) is 30.3 Å². The summed E-state index contributed by atoms with van der Waals surface area (Å²) in [7, 11) is 0. The van der Waals surface area contributed by atoms with Gasteiger partial charge in [-0.25, -0.2) is 4.79 Å². The molecule has 4 rings (SSSR count). The van der Waals surface area contributed by atoms with E-state index < -0.39 is 35.4 Å². The zero-order valence-corrected chi connectivity index (χ0v) is 22.2. The van der Waals surface area contributed by atoms with E-state index in [9.17, 15) is 22.4 Å². The molecule has 0 aliphatic heterocycles. The van der Waals surface area contributed by atoms with Crippen molar-refractivity contribution in [2.24, 2.45) is 0 Å². The zero-order chi connectivity index (χ0) is 28.8. The first-order chi connectivity index (χ1) is 19.1. The Bertz CT molecular complexity index is 1340. The maximum Gasteiger partial charge on any atom is 0.461 e. The lowest BCUT2D eigenvalue weighted by atomic mass is 9.80. The number of ether oxygens (including phenoxy) is 1. The fourth-order valence-corrected chi connectivity index (χ4v) is 5.09. The average molecular weight is 574 g/mol. The minimum atomic E-state index is -4.72. The van der Waals surface area contributed by atoms with E-state index in [0.29, 0.717) is 23.6 Å². The highest BCUT2D eigenvalue weighted by atomic mass is 35.5. The Morgan fingerprint density at radius 2 is 1.80 bits per heavy atom. The molecule has 1 aliphatic carbocycles. The van der Waals surface area contributed by atoms with Gasteiger partial charge in [0, 0.05) is 12.6 Å². The fourth-order valence-electron chi connectivity index (χ4n) is 4.98. The summed E-state index contributed by atoms with van der Waals surface area (Å²) in [5.41, 5.74) is -0.958. The highest BCUT2D eigenvalue weighted by molar-refractivity contribution is 6.30. The molecule has 1 aliphatic rings. The van der Waals surface area contributed by atoms with Gasteiger partial charge in [0.2, 0.25) is 0 Å². The van der Waals surface area contributed by atoms with Crippen molar-refractivity contribution in [3.05, 3.63) is 94.8 Å². The normalized spacial score (nSPS) is 16.4. The lowest BCUT2D eigenvalue weighted by molar-refractivity contribution is -0.253. The van der Waals surface area contributed by atoms with E-state index in [1.54, 1.807) is 18.2 Å². The third-order valence-electron chi connectivity index (χ3n) is 6.97. The number of carbonyl (C=O) groups excluding carboxylic acids is 1. The minimum Gasteiger partial charge on any atom is -0.428 e. The Kier molecular flexibility index (Phi) is 8.89. The third-order valence-corrected chi connectivity index (χ3v) is 7.20. The van der Waals surface area contributed by atoms with E-state index in [2.05, 4.69) is 26.3 Å². The zero-order valence-electron chi connectivity index (χ0n) is 21.5. The van der Waals surface area contributed by atoms with E-state index >= 15 is 0 Å². The van der Waals surface area contributed by atoms with E-state index in [4.69, 9.17) is 18.0 Å². The summed E-state index contributed by atoms with van der Waals surface area (Å²) in [6.45, 7) is 0. The molecule has 0 unspecified atom stereocenters. The molecule has 2 amide bonds. The van der Waals surface area contributed by atoms with Gasteiger partial charge in [-0.2, -0.15) is 17.6 Å². The first kappa shape index (κ1) is 29.2. The van der Waals surface area contributed by atoms with Crippen LogP contribution in [0.3, 0.4) is 0 Å². The number of hydrogen-bond donors (Lipinski definition) is 2. The molecule has 5 nitrogen and oxygen atoms in total. The van der Waals surface area contributed by atoms with Crippen molar-refractivity contribution in [3.8, 4) is 18.1 Å². The summed E-state index contributed by atoms with van der Waals surface area (Å²) in [4.78, 5) is 18.1. The number of nitrogens with zero attached hydrogens (tertiary/aromatic N) is 1. The van der Waals surface area contributed by atoms with Crippen molar-refractivity contribution in [2.75, 3.05) is 0 Å². The number of benzene rings is 2. The van der Waals surface area contributed by atoms with Crippen LogP contribution in [0.25, 0.3) is 0 Å². The van der Waals surface area contributed by atoms with Gasteiger partial charge in [-0.3, -0.25) is 4.98 Å². The molecule has 1 heterocycles. The van der Waals surface area contributed by atoms with Gasteiger partial charge in [-0.1, -0.05) is 79.2 Å². The molecule has 0 radical (unpaired) electrons. The summed E-state index contributed by atoms with van der Waals surface area (Å²) in [5, 5.41) is 6.30. The number of alkyl halides is 4. The van der Waals surface area contributed by atoms with Crippen molar-refractivity contribution in [1.82, 2.24) is 15.6 Å². The van der Waals surface area contributed by atoms with Gasteiger partial charge in [0.1, 0.15) is 16.8 Å². The Morgan fingerprint density at radius 1 is 1.07 bits per heavy atom. The van der Waals surface area contributed by atoms with Crippen LogP contribution in [0.4, 0.5) is 22.4 Å². The van der Waals surface area contributed by atoms with Gasteiger partial charge in [-0.05, 0) is 48.2 Å². The van der Waals surface area contributed by atoms with Crippen LogP contribution in [0, 0.1) is 12.3 Å². The number of terminal acetylenes is 1. The van der Waals surface area contributed by atoms with Crippen molar-refractivity contribution >= 4 is 17.6 Å². The van der Waals surface area contributed by atoms with Crippen LogP contribution in [0.15, 0.2) is 72.9 Å². The van der Waals surface area contributed by atoms with Crippen LogP contribution in [-0.4, -0.2) is 29.1 Å². The van der Waals surface area contributed by atoms with Gasteiger partial charge < -0.3 is 15.4 Å². The number of urea groups is 1. The Labute approximate surface area is 235 Å². The van der Waals surface area contributed by atoms with Crippen molar-refractivity contribution < 1.29 is 27.1 Å². The molecular formula is C30H28ClF4N3O2. The van der Waals surface area contributed by atoms with E-state index in [-0.39, 0.29) is 12.0 Å². The van der Waals surface area contributed by atoms with Crippen molar-refractivity contribution in [1.29, 1.82) is 0 Å². The largest absolute Gasteiger partial charge is 0.461 e. The minimum absolute atomic E-state index is 0.119. The van der Waals surface area contributed by atoms with Crippen LogP contribution in [0.5, 0.6) is 5.75 Å². The van der Waals surface area contributed by atoms with Crippen molar-refractivity contribution in [3.63, 3.8) is 0 Å². The fraction of sp³-hybridized carbons (Fsp3) is 0.333.